The van der Waals surface area contributed by atoms with Crippen LogP contribution in [-0.4, -0.2) is 94.6 Å². The van der Waals surface area contributed by atoms with E-state index in [1.807, 2.05) is 52.0 Å². The van der Waals surface area contributed by atoms with Crippen LogP contribution in [0.3, 0.4) is 0 Å². The van der Waals surface area contributed by atoms with Gasteiger partial charge in [0.1, 0.15) is 26.4 Å². The van der Waals surface area contributed by atoms with Gasteiger partial charge >= 0.3 is 0 Å². The van der Waals surface area contributed by atoms with Crippen LogP contribution in [-0.2, 0) is 22.7 Å². The fraction of sp³-hybridized carbons (Fsp3) is 0.545. The van der Waals surface area contributed by atoms with Crippen LogP contribution in [0.2, 0.25) is 0 Å². The van der Waals surface area contributed by atoms with E-state index in [2.05, 4.69) is 67.8 Å². The Labute approximate surface area is 358 Å². The summed E-state index contributed by atoms with van der Waals surface area (Å²) < 4.78 is 35.0. The maximum absolute atomic E-state index is 6.25. The lowest BCUT2D eigenvalue weighted by Crippen LogP contribution is -2.41. The van der Waals surface area contributed by atoms with E-state index in [0.29, 0.717) is 51.4 Å². The van der Waals surface area contributed by atoms with Gasteiger partial charge in [-0.3, -0.25) is 19.8 Å². The van der Waals surface area contributed by atoms with Crippen molar-refractivity contribution in [3.8, 4) is 23.3 Å². The highest BCUT2D eigenvalue weighted by molar-refractivity contribution is 7.59. The lowest BCUT2D eigenvalue weighted by atomic mass is 10.0. The summed E-state index contributed by atoms with van der Waals surface area (Å²) in [7, 11) is 0. The highest BCUT2D eigenvalue weighted by Gasteiger charge is 2.28. The van der Waals surface area contributed by atoms with Crippen LogP contribution in [0.5, 0.6) is 23.3 Å². The van der Waals surface area contributed by atoms with Crippen molar-refractivity contribution < 1.29 is 28.4 Å². The van der Waals surface area contributed by atoms with Crippen LogP contribution in [0.1, 0.15) is 96.9 Å². The van der Waals surface area contributed by atoms with Gasteiger partial charge in [0, 0.05) is 47.9 Å². The molecule has 4 aromatic heterocycles. The molecule has 4 aliphatic rings. The monoisotopic (exact) mass is 834 g/mol. The number of piperidine rings is 2. The van der Waals surface area contributed by atoms with Gasteiger partial charge in [-0.25, -0.2) is 9.97 Å². The minimum Gasteiger partial charge on any atom is -0.484 e. The quantitative estimate of drug-likeness (QED) is 0.158. The zero-order valence-electron chi connectivity index (χ0n) is 35.0. The first kappa shape index (κ1) is 45.4. The molecule has 4 aliphatic heterocycles. The molecule has 2 saturated heterocycles. The minimum absolute atomic E-state index is 0. The number of pyridine rings is 4. The van der Waals surface area contributed by atoms with Crippen LogP contribution >= 0.6 is 27.0 Å². The van der Waals surface area contributed by atoms with Gasteiger partial charge in [0.15, 0.2) is 11.5 Å². The highest BCUT2D eigenvalue weighted by atomic mass is 32.1. The Morgan fingerprint density at radius 2 is 0.948 bits per heavy atom. The third kappa shape index (κ3) is 12.2. The molecule has 2 fully saturated rings. The smallest absolute Gasteiger partial charge is 0.257 e. The maximum Gasteiger partial charge on any atom is 0.257 e. The molecule has 0 radical (unpaired) electrons. The first-order valence-corrected chi connectivity index (χ1v) is 20.3. The summed E-state index contributed by atoms with van der Waals surface area (Å²) in [5.41, 5.74) is 8.61. The van der Waals surface area contributed by atoms with Gasteiger partial charge in [-0.15, -0.1) is 0 Å². The Kier molecular flexibility index (Phi) is 16.9. The molecule has 8 rings (SSSR count). The predicted octanol–water partition coefficient (Wildman–Crippen LogP) is 7.44. The standard InChI is InChI=1S/2C22H29N3O3.2H2S/c2*1-15-11-18(12-16(2)23-15)14-28-19-5-4-8-25(13-19)17(3)20-6-7-21-22(24-20)27-10-9-26-21;;/h2*6-7,11-12,17,19H,4-5,8-10,13-14H2,1-3H3;2*1H2/t17-,19+;17-,19-;;/m10../s1. The SMILES string of the molecule is Cc1cc(CO[C@H]2CCCN([C@@H](C)c3ccc4c(n3)OCCO4)C2)cc(C)n1.Cc1cc(CO[C@H]2CCCN([C@H](C)c3ccc4c(n3)OCCO4)C2)cc(C)n1.S.S. The van der Waals surface area contributed by atoms with Gasteiger partial charge in [0.25, 0.3) is 11.8 Å². The second-order valence-electron chi connectivity index (χ2n) is 15.5. The summed E-state index contributed by atoms with van der Waals surface area (Å²) in [6.07, 6.45) is 4.94. The fourth-order valence-electron chi connectivity index (χ4n) is 8.07. The van der Waals surface area contributed by atoms with E-state index in [9.17, 15) is 0 Å². The number of hydrogen-bond donors (Lipinski definition) is 0. The average molecular weight is 835 g/mol. The Hall–Kier alpha value is -3.66. The molecule has 0 N–H and O–H groups in total. The molecule has 0 bridgehead atoms. The molecule has 14 heteroatoms. The Balaban J connectivity index is 0.000000214. The van der Waals surface area contributed by atoms with E-state index in [0.717, 1.165) is 97.5 Å². The lowest BCUT2D eigenvalue weighted by molar-refractivity contribution is -0.0204. The first-order valence-electron chi connectivity index (χ1n) is 20.3. The zero-order chi connectivity index (χ0) is 39.0. The van der Waals surface area contributed by atoms with Crippen molar-refractivity contribution >= 4 is 27.0 Å². The number of fused-ring (bicyclic) bond motifs is 2. The summed E-state index contributed by atoms with van der Waals surface area (Å²) in [6.45, 7) is 20.1. The number of nitrogens with zero attached hydrogens (tertiary/aromatic N) is 6. The number of aryl methyl sites for hydroxylation is 4. The molecule has 0 amide bonds. The van der Waals surface area contributed by atoms with E-state index in [4.69, 9.17) is 28.4 Å². The van der Waals surface area contributed by atoms with Gasteiger partial charge in [-0.1, -0.05) is 0 Å². The molecule has 0 aliphatic carbocycles. The van der Waals surface area contributed by atoms with Crippen LogP contribution in [0.4, 0.5) is 0 Å². The molecule has 316 valence electrons. The van der Waals surface area contributed by atoms with E-state index in [1.165, 1.54) is 11.1 Å². The van der Waals surface area contributed by atoms with Gasteiger partial charge in [0.2, 0.25) is 0 Å². The molecule has 0 saturated carbocycles. The Bertz CT molecular complexity index is 1760. The molecule has 4 aromatic rings. The highest BCUT2D eigenvalue weighted by Crippen LogP contribution is 2.33. The summed E-state index contributed by atoms with van der Waals surface area (Å²) in [4.78, 5) is 23.2. The number of ether oxygens (including phenoxy) is 6. The average Bonchev–Trinajstić information content (AvgIpc) is 3.21. The molecule has 0 unspecified atom stereocenters. The lowest BCUT2D eigenvalue weighted by Gasteiger charge is -2.36. The van der Waals surface area contributed by atoms with Gasteiger partial charge < -0.3 is 28.4 Å². The molecule has 12 nitrogen and oxygen atoms in total. The third-order valence-electron chi connectivity index (χ3n) is 10.9. The van der Waals surface area contributed by atoms with Gasteiger partial charge in [-0.2, -0.15) is 27.0 Å². The molecule has 0 aromatic carbocycles. The van der Waals surface area contributed by atoms with E-state index in [1.54, 1.807) is 0 Å². The number of rotatable bonds is 10. The Morgan fingerprint density at radius 1 is 0.569 bits per heavy atom. The first-order chi connectivity index (χ1) is 27.2. The molecule has 8 heterocycles. The minimum atomic E-state index is 0. The molecular formula is C44H62N6O6S2. The largest absolute Gasteiger partial charge is 0.484 e. The molecule has 0 spiro atoms. The molecule has 4 atom stereocenters. The molecule has 58 heavy (non-hydrogen) atoms. The van der Waals surface area contributed by atoms with Crippen molar-refractivity contribution in [3.05, 3.63) is 93.8 Å². The van der Waals surface area contributed by atoms with E-state index in [-0.39, 0.29) is 51.3 Å². The fourth-order valence-corrected chi connectivity index (χ4v) is 8.07. The zero-order valence-corrected chi connectivity index (χ0v) is 37.0. The van der Waals surface area contributed by atoms with Crippen molar-refractivity contribution in [1.82, 2.24) is 29.7 Å². The topological polar surface area (TPSA) is 113 Å². The normalized spacial score (nSPS) is 20.0. The number of hydrogen-bond acceptors (Lipinski definition) is 12. The van der Waals surface area contributed by atoms with E-state index < -0.39 is 0 Å². The van der Waals surface area contributed by atoms with Crippen LogP contribution in [0.15, 0.2) is 48.5 Å². The van der Waals surface area contributed by atoms with Crippen LogP contribution in [0, 0.1) is 27.7 Å². The third-order valence-corrected chi connectivity index (χ3v) is 10.9. The van der Waals surface area contributed by atoms with Crippen molar-refractivity contribution in [2.24, 2.45) is 0 Å². The van der Waals surface area contributed by atoms with Gasteiger partial charge in [-0.05, 0) is 140 Å². The number of aromatic nitrogens is 4. The maximum atomic E-state index is 6.25. The van der Waals surface area contributed by atoms with Crippen LogP contribution in [0.25, 0.3) is 0 Å². The Morgan fingerprint density at radius 3 is 1.34 bits per heavy atom. The summed E-state index contributed by atoms with van der Waals surface area (Å²) in [5.74, 6) is 2.71. The van der Waals surface area contributed by atoms with Crippen molar-refractivity contribution in [1.29, 1.82) is 0 Å². The van der Waals surface area contributed by atoms with Crippen molar-refractivity contribution in [2.75, 3.05) is 52.6 Å². The van der Waals surface area contributed by atoms with Crippen molar-refractivity contribution in [3.63, 3.8) is 0 Å². The summed E-state index contributed by atoms with van der Waals surface area (Å²) in [5, 5.41) is 0. The number of likely N-dealkylation sites (tertiary alicyclic amines) is 2. The van der Waals surface area contributed by atoms with E-state index >= 15 is 0 Å². The van der Waals surface area contributed by atoms with Crippen LogP contribution < -0.4 is 18.9 Å². The predicted molar refractivity (Wildman–Crippen MR) is 234 cm³/mol. The molecular weight excluding hydrogens is 773 g/mol. The van der Waals surface area contributed by atoms with Gasteiger partial charge in [0.05, 0.1) is 36.8 Å². The van der Waals surface area contributed by atoms with Crippen molar-refractivity contribution in [2.45, 2.75) is 105 Å². The summed E-state index contributed by atoms with van der Waals surface area (Å²) in [6, 6.07) is 16.9. The summed E-state index contributed by atoms with van der Waals surface area (Å²) >= 11 is 0. The second-order valence-corrected chi connectivity index (χ2v) is 15.5. The second kappa shape index (κ2) is 21.6.